The summed E-state index contributed by atoms with van der Waals surface area (Å²) in [7, 11) is 0. The van der Waals surface area contributed by atoms with Gasteiger partial charge in [0, 0.05) is 15.6 Å². The first-order chi connectivity index (χ1) is 6.02. The van der Waals surface area contributed by atoms with Gasteiger partial charge < -0.3 is 0 Å². The fourth-order valence-electron chi connectivity index (χ4n) is 1.01. The van der Waals surface area contributed by atoms with Gasteiger partial charge in [0.2, 0.25) is 0 Å². The van der Waals surface area contributed by atoms with Gasteiger partial charge in [-0.25, -0.2) is 4.39 Å². The molecule has 0 amide bonds. The summed E-state index contributed by atoms with van der Waals surface area (Å²) in [6.45, 7) is 1.78. The molecule has 1 aromatic rings. The maximum Gasteiger partial charge on any atom is 0.273 e. The largest absolute Gasteiger partial charge is 0.273 e. The molecule has 1 unspecified atom stereocenters. The molecule has 0 aliphatic rings. The molecular weight excluding hydrogens is 288 g/mol. The van der Waals surface area contributed by atoms with Gasteiger partial charge in [-0.1, -0.05) is 22.6 Å². The number of nitro benzene ring substituents is 1. The number of nitrogens with zero attached hydrogens (tertiary/aromatic N) is 1. The predicted octanol–water partition coefficient (Wildman–Crippen LogP) is 3.23. The molecule has 1 atom stereocenters. The molecule has 0 fully saturated rings. The molecule has 0 radical (unpaired) electrons. The van der Waals surface area contributed by atoms with Crippen LogP contribution in [-0.2, 0) is 0 Å². The molecule has 0 heterocycles. The van der Waals surface area contributed by atoms with Crippen LogP contribution in [0.1, 0.15) is 16.4 Å². The van der Waals surface area contributed by atoms with Crippen molar-refractivity contribution in [3.05, 3.63) is 39.7 Å². The van der Waals surface area contributed by atoms with Crippen molar-refractivity contribution in [2.75, 3.05) is 0 Å². The van der Waals surface area contributed by atoms with Gasteiger partial charge >= 0.3 is 0 Å². The highest BCUT2D eigenvalue weighted by Crippen LogP contribution is 2.31. The summed E-state index contributed by atoms with van der Waals surface area (Å²) in [4.78, 5) is 10.0. The third-order valence-electron chi connectivity index (χ3n) is 1.61. The molecule has 13 heavy (non-hydrogen) atoms. The van der Waals surface area contributed by atoms with Crippen LogP contribution in [0.5, 0.6) is 0 Å². The molecule has 5 heteroatoms. The number of benzene rings is 1. The Kier molecular flexibility index (Phi) is 3.18. The van der Waals surface area contributed by atoms with Gasteiger partial charge in [-0.15, -0.1) is 0 Å². The van der Waals surface area contributed by atoms with E-state index < -0.39 is 10.7 Å². The topological polar surface area (TPSA) is 43.1 Å². The SMILES string of the molecule is CC(I)c1cc(F)ccc1[N+](=O)[O-]. The molecule has 1 rings (SSSR count). The minimum Gasteiger partial charge on any atom is -0.258 e. The fraction of sp³-hybridized carbons (Fsp3) is 0.250. The molecule has 70 valence electrons. The third kappa shape index (κ3) is 2.36. The quantitative estimate of drug-likeness (QED) is 0.364. The van der Waals surface area contributed by atoms with E-state index in [0.717, 1.165) is 6.07 Å². The van der Waals surface area contributed by atoms with Crippen molar-refractivity contribution >= 4 is 28.3 Å². The first kappa shape index (κ1) is 10.4. The first-order valence-electron chi connectivity index (χ1n) is 3.60. The van der Waals surface area contributed by atoms with Crippen molar-refractivity contribution in [2.24, 2.45) is 0 Å². The van der Waals surface area contributed by atoms with Gasteiger partial charge in [-0.3, -0.25) is 10.1 Å². The van der Waals surface area contributed by atoms with Crippen molar-refractivity contribution in [3.8, 4) is 0 Å². The number of alkyl halides is 1. The zero-order valence-electron chi connectivity index (χ0n) is 6.83. The second-order valence-corrected chi connectivity index (χ2v) is 4.44. The highest BCUT2D eigenvalue weighted by Gasteiger charge is 2.17. The molecule has 0 aliphatic heterocycles. The summed E-state index contributed by atoms with van der Waals surface area (Å²) in [5.74, 6) is -0.441. The van der Waals surface area contributed by atoms with Gasteiger partial charge in [0.15, 0.2) is 0 Å². The van der Waals surface area contributed by atoms with Gasteiger partial charge in [-0.2, -0.15) is 0 Å². The van der Waals surface area contributed by atoms with Crippen molar-refractivity contribution < 1.29 is 9.31 Å². The van der Waals surface area contributed by atoms with Crippen LogP contribution in [0.15, 0.2) is 18.2 Å². The summed E-state index contributed by atoms with van der Waals surface area (Å²) < 4.78 is 12.7. The molecule has 0 aromatic heterocycles. The first-order valence-corrected chi connectivity index (χ1v) is 4.85. The number of hydrogen-bond acceptors (Lipinski definition) is 2. The van der Waals surface area contributed by atoms with Crippen LogP contribution in [0.4, 0.5) is 10.1 Å². The Morgan fingerprint density at radius 2 is 2.23 bits per heavy atom. The molecule has 0 aliphatic carbocycles. The summed E-state index contributed by atoms with van der Waals surface area (Å²) in [5, 5.41) is 10.5. The van der Waals surface area contributed by atoms with Crippen molar-refractivity contribution in [2.45, 2.75) is 10.8 Å². The lowest BCUT2D eigenvalue weighted by Crippen LogP contribution is -1.96. The number of rotatable bonds is 2. The van der Waals surface area contributed by atoms with Crippen LogP contribution >= 0.6 is 22.6 Å². The Balaban J connectivity index is 3.26. The Morgan fingerprint density at radius 1 is 1.62 bits per heavy atom. The van der Waals surface area contributed by atoms with Gasteiger partial charge in [-0.05, 0) is 19.1 Å². The zero-order valence-corrected chi connectivity index (χ0v) is 8.99. The molecule has 0 saturated carbocycles. The predicted molar refractivity (Wildman–Crippen MR) is 55.5 cm³/mol. The second-order valence-electron chi connectivity index (χ2n) is 2.58. The van der Waals surface area contributed by atoms with Crippen molar-refractivity contribution in [3.63, 3.8) is 0 Å². The van der Waals surface area contributed by atoms with E-state index in [2.05, 4.69) is 0 Å². The van der Waals surface area contributed by atoms with Crippen LogP contribution in [0, 0.1) is 15.9 Å². The molecule has 0 bridgehead atoms. The number of halogens is 2. The van der Waals surface area contributed by atoms with E-state index in [9.17, 15) is 14.5 Å². The minimum absolute atomic E-state index is 0.0247. The van der Waals surface area contributed by atoms with Crippen LogP contribution in [0.25, 0.3) is 0 Å². The highest BCUT2D eigenvalue weighted by molar-refractivity contribution is 14.1. The number of hydrogen-bond donors (Lipinski definition) is 0. The smallest absolute Gasteiger partial charge is 0.258 e. The lowest BCUT2D eigenvalue weighted by molar-refractivity contribution is -0.385. The minimum atomic E-state index is -0.496. The molecule has 0 saturated heterocycles. The lowest BCUT2D eigenvalue weighted by atomic mass is 10.1. The van der Waals surface area contributed by atoms with Crippen molar-refractivity contribution in [1.82, 2.24) is 0 Å². The molecule has 0 N–H and O–H groups in total. The second kappa shape index (κ2) is 3.99. The van der Waals surface area contributed by atoms with Crippen LogP contribution in [0.2, 0.25) is 0 Å². The highest BCUT2D eigenvalue weighted by atomic mass is 127. The standard InChI is InChI=1S/C8H7FINO2/c1-5(10)7-4-6(9)2-3-8(7)11(12)13/h2-5H,1H3. The van der Waals surface area contributed by atoms with Gasteiger partial charge in [0.25, 0.3) is 5.69 Å². The van der Waals surface area contributed by atoms with E-state index in [-0.39, 0.29) is 9.61 Å². The third-order valence-corrected chi connectivity index (χ3v) is 2.29. The maximum atomic E-state index is 12.7. The summed E-state index contributed by atoms with van der Waals surface area (Å²) in [6, 6.07) is 3.50. The van der Waals surface area contributed by atoms with E-state index in [4.69, 9.17) is 0 Å². The van der Waals surface area contributed by atoms with E-state index in [1.54, 1.807) is 6.92 Å². The van der Waals surface area contributed by atoms with Crippen LogP contribution in [-0.4, -0.2) is 4.92 Å². The van der Waals surface area contributed by atoms with E-state index >= 15 is 0 Å². The van der Waals surface area contributed by atoms with Crippen molar-refractivity contribution in [1.29, 1.82) is 0 Å². The summed E-state index contributed by atoms with van der Waals surface area (Å²) in [5.41, 5.74) is 0.397. The monoisotopic (exact) mass is 295 g/mol. The van der Waals surface area contributed by atoms with Crippen LogP contribution < -0.4 is 0 Å². The van der Waals surface area contributed by atoms with E-state index in [1.165, 1.54) is 12.1 Å². The van der Waals surface area contributed by atoms with Crippen LogP contribution in [0.3, 0.4) is 0 Å². The zero-order chi connectivity index (χ0) is 10.0. The Morgan fingerprint density at radius 3 is 2.69 bits per heavy atom. The lowest BCUT2D eigenvalue weighted by Gasteiger charge is -2.04. The van der Waals surface area contributed by atoms with Gasteiger partial charge in [0.05, 0.1) is 4.92 Å². The Labute approximate surface area is 88.2 Å². The van der Waals surface area contributed by atoms with E-state index in [0.29, 0.717) is 5.56 Å². The molecule has 3 nitrogen and oxygen atoms in total. The maximum absolute atomic E-state index is 12.7. The fourth-order valence-corrected chi connectivity index (χ4v) is 1.51. The molecule has 0 spiro atoms. The average molecular weight is 295 g/mol. The van der Waals surface area contributed by atoms with E-state index in [1.807, 2.05) is 22.6 Å². The average Bonchev–Trinajstić information content (AvgIpc) is 2.03. The Hall–Kier alpha value is -0.720. The number of nitro groups is 1. The summed E-state index contributed by atoms with van der Waals surface area (Å²) >= 11 is 2.01. The Bertz CT molecular complexity index is 341. The molecular formula is C8H7FINO2. The molecule has 1 aromatic carbocycles. The normalized spacial score (nSPS) is 12.5. The summed E-state index contributed by atoms with van der Waals surface area (Å²) in [6.07, 6.45) is 0. The van der Waals surface area contributed by atoms with Gasteiger partial charge in [0.1, 0.15) is 5.82 Å².